The summed E-state index contributed by atoms with van der Waals surface area (Å²) in [6, 6.07) is 0. The van der Waals surface area contributed by atoms with Crippen LogP contribution in [0.1, 0.15) is 19.5 Å². The fraction of sp³-hybridized carbons (Fsp3) is 0.905. The van der Waals surface area contributed by atoms with Crippen molar-refractivity contribution < 1.29 is 28.3 Å². The van der Waals surface area contributed by atoms with E-state index in [-0.39, 0.29) is 12.5 Å². The topological polar surface area (TPSA) is 108 Å². The Kier molecular flexibility index (Phi) is 14.2. The highest BCUT2D eigenvalue weighted by molar-refractivity contribution is 7.85. The van der Waals surface area contributed by atoms with Gasteiger partial charge in [-0.2, -0.15) is 0 Å². The Bertz CT molecular complexity index is 623. The Labute approximate surface area is 194 Å². The van der Waals surface area contributed by atoms with E-state index in [1.807, 2.05) is 6.20 Å². The second-order valence-corrected chi connectivity index (χ2v) is 9.89. The molecule has 1 saturated heterocycles. The highest BCUT2D eigenvalue weighted by atomic mass is 32.2. The quantitative estimate of drug-likeness (QED) is 0.297. The van der Waals surface area contributed by atoms with E-state index < -0.39 is 10.8 Å². The predicted molar refractivity (Wildman–Crippen MR) is 122 cm³/mol. The average molecular weight is 477 g/mol. The van der Waals surface area contributed by atoms with Crippen LogP contribution in [0.25, 0.3) is 0 Å². The molecule has 1 aromatic rings. The molecule has 0 aliphatic carbocycles. The van der Waals surface area contributed by atoms with E-state index in [1.165, 1.54) is 0 Å². The smallest absolute Gasteiger partial charge is 0.0967 e. The fourth-order valence-corrected chi connectivity index (χ4v) is 4.22. The minimum Gasteiger partial charge on any atom is -0.396 e. The molecule has 2 heterocycles. The molecule has 1 unspecified atom stereocenters. The van der Waals surface area contributed by atoms with Crippen LogP contribution < -0.4 is 0 Å². The lowest BCUT2D eigenvalue weighted by atomic mass is 9.98. The van der Waals surface area contributed by atoms with E-state index in [2.05, 4.69) is 29.1 Å². The second-order valence-electron chi connectivity index (χ2n) is 8.20. The summed E-state index contributed by atoms with van der Waals surface area (Å²) in [4.78, 5) is 2.26. The fourth-order valence-electron chi connectivity index (χ4n) is 3.09. The van der Waals surface area contributed by atoms with Gasteiger partial charge in [0, 0.05) is 60.7 Å². The highest BCUT2D eigenvalue weighted by Crippen LogP contribution is 2.10. The number of hydrogen-bond donors (Lipinski definition) is 1. The summed E-state index contributed by atoms with van der Waals surface area (Å²) in [6.07, 6.45) is 1.94. The Balaban J connectivity index is 1.37. The van der Waals surface area contributed by atoms with Gasteiger partial charge in [0.1, 0.15) is 0 Å². The number of aromatic nitrogens is 3. The largest absolute Gasteiger partial charge is 0.396 e. The van der Waals surface area contributed by atoms with Gasteiger partial charge >= 0.3 is 0 Å². The van der Waals surface area contributed by atoms with E-state index in [9.17, 15) is 9.32 Å². The van der Waals surface area contributed by atoms with Crippen LogP contribution in [-0.4, -0.2) is 113 Å². The Morgan fingerprint density at radius 3 is 2.19 bits per heavy atom. The second kappa shape index (κ2) is 16.6. The van der Waals surface area contributed by atoms with Crippen molar-refractivity contribution in [3.05, 3.63) is 11.9 Å². The zero-order valence-corrected chi connectivity index (χ0v) is 20.3. The van der Waals surface area contributed by atoms with Crippen LogP contribution in [0.5, 0.6) is 0 Å². The van der Waals surface area contributed by atoms with Crippen molar-refractivity contribution in [3.8, 4) is 0 Å². The van der Waals surface area contributed by atoms with Crippen LogP contribution in [0.3, 0.4) is 0 Å². The van der Waals surface area contributed by atoms with Crippen molar-refractivity contribution in [3.63, 3.8) is 0 Å². The summed E-state index contributed by atoms with van der Waals surface area (Å²) in [5, 5.41) is 17.6. The lowest BCUT2D eigenvalue weighted by Gasteiger charge is -2.24. The van der Waals surface area contributed by atoms with Crippen LogP contribution in [0.4, 0.5) is 0 Å². The Hall–Kier alpha value is -0.950. The first-order valence-corrected chi connectivity index (χ1v) is 13.0. The van der Waals surface area contributed by atoms with E-state index in [0.717, 1.165) is 36.8 Å². The molecule has 32 heavy (non-hydrogen) atoms. The average Bonchev–Trinajstić information content (AvgIpc) is 3.22. The third-order valence-corrected chi connectivity index (χ3v) is 6.61. The van der Waals surface area contributed by atoms with Crippen LogP contribution in [0, 0.1) is 11.8 Å². The molecule has 0 saturated carbocycles. The maximum Gasteiger partial charge on any atom is 0.0967 e. The van der Waals surface area contributed by atoms with Crippen LogP contribution >= 0.6 is 0 Å². The summed E-state index contributed by atoms with van der Waals surface area (Å²) >= 11 is 0. The summed E-state index contributed by atoms with van der Waals surface area (Å²) in [6.45, 7) is 11.6. The standard InChI is InChI=1S/C21H40N4O6S/c1-19(2)20(17-26)18-31-12-11-30-10-9-29-8-7-28-6-3-25-16-21(22-23-25)15-24-4-13-32(27)14-5-24/h16,19-20,26H,3-15,17-18H2,1-2H3. The lowest BCUT2D eigenvalue weighted by molar-refractivity contribution is -0.0129. The minimum absolute atomic E-state index is 0.151. The number of nitrogens with zero attached hydrogens (tertiary/aromatic N) is 4. The normalized spacial score (nSPS) is 16.8. The Morgan fingerprint density at radius 1 is 1.00 bits per heavy atom. The molecule has 1 atom stereocenters. The molecule has 2 rings (SSSR count). The first-order valence-electron chi connectivity index (χ1n) is 11.5. The van der Waals surface area contributed by atoms with Crippen LogP contribution in [0.15, 0.2) is 6.20 Å². The third-order valence-electron chi connectivity index (χ3n) is 5.33. The SMILES string of the molecule is CC(C)C(CO)COCCOCCOCCOCCn1cc(CN2CCS(=O)CC2)nn1. The molecule has 1 fully saturated rings. The summed E-state index contributed by atoms with van der Waals surface area (Å²) in [7, 11) is -0.657. The van der Waals surface area contributed by atoms with Crippen molar-refractivity contribution in [1.82, 2.24) is 19.9 Å². The number of aliphatic hydroxyl groups is 1. The maximum absolute atomic E-state index is 11.4. The lowest BCUT2D eigenvalue weighted by Crippen LogP contribution is -2.37. The third kappa shape index (κ3) is 11.8. The van der Waals surface area contributed by atoms with Gasteiger partial charge < -0.3 is 24.1 Å². The molecule has 0 amide bonds. The van der Waals surface area contributed by atoms with Crippen molar-refractivity contribution in [2.45, 2.75) is 26.9 Å². The van der Waals surface area contributed by atoms with Gasteiger partial charge in [0.2, 0.25) is 0 Å². The molecule has 1 N–H and O–H groups in total. The molecule has 0 radical (unpaired) electrons. The van der Waals surface area contributed by atoms with E-state index in [0.29, 0.717) is 65.3 Å². The minimum atomic E-state index is -0.657. The van der Waals surface area contributed by atoms with Gasteiger partial charge in [0.15, 0.2) is 0 Å². The number of hydrogen-bond acceptors (Lipinski definition) is 9. The molecular formula is C21H40N4O6S. The zero-order chi connectivity index (χ0) is 23.0. The molecule has 0 spiro atoms. The molecule has 0 bridgehead atoms. The summed E-state index contributed by atoms with van der Waals surface area (Å²) in [5.41, 5.74) is 0.930. The van der Waals surface area contributed by atoms with Crippen molar-refractivity contribution in [1.29, 1.82) is 0 Å². The van der Waals surface area contributed by atoms with Gasteiger partial charge in [0.05, 0.1) is 65.1 Å². The van der Waals surface area contributed by atoms with Gasteiger partial charge in [-0.3, -0.25) is 9.11 Å². The molecule has 1 aliphatic rings. The van der Waals surface area contributed by atoms with Gasteiger partial charge in [0.25, 0.3) is 0 Å². The maximum atomic E-state index is 11.4. The molecular weight excluding hydrogens is 436 g/mol. The predicted octanol–water partition coefficient (Wildman–Crippen LogP) is 0.173. The van der Waals surface area contributed by atoms with Gasteiger partial charge in [-0.25, -0.2) is 4.68 Å². The summed E-state index contributed by atoms with van der Waals surface area (Å²) < 4.78 is 35.3. The van der Waals surface area contributed by atoms with E-state index >= 15 is 0 Å². The molecule has 10 nitrogen and oxygen atoms in total. The number of rotatable bonds is 18. The molecule has 0 aromatic carbocycles. The molecule has 186 valence electrons. The van der Waals surface area contributed by atoms with Crippen LogP contribution in [0.2, 0.25) is 0 Å². The van der Waals surface area contributed by atoms with Crippen LogP contribution in [-0.2, 0) is 42.8 Å². The van der Waals surface area contributed by atoms with E-state index in [1.54, 1.807) is 4.68 Å². The Morgan fingerprint density at radius 2 is 1.59 bits per heavy atom. The van der Waals surface area contributed by atoms with E-state index in [4.69, 9.17) is 18.9 Å². The first kappa shape index (κ1) is 27.3. The van der Waals surface area contributed by atoms with Gasteiger partial charge in [-0.15, -0.1) is 5.10 Å². The van der Waals surface area contributed by atoms with Crippen molar-refractivity contribution in [2.75, 3.05) is 84.1 Å². The first-order chi connectivity index (χ1) is 15.6. The van der Waals surface area contributed by atoms with Crippen molar-refractivity contribution >= 4 is 10.8 Å². The molecule has 1 aromatic heterocycles. The monoisotopic (exact) mass is 476 g/mol. The molecule has 11 heteroatoms. The highest BCUT2D eigenvalue weighted by Gasteiger charge is 2.16. The zero-order valence-electron chi connectivity index (χ0n) is 19.5. The number of ether oxygens (including phenoxy) is 4. The molecule has 1 aliphatic heterocycles. The van der Waals surface area contributed by atoms with Crippen molar-refractivity contribution in [2.24, 2.45) is 11.8 Å². The van der Waals surface area contributed by atoms with Gasteiger partial charge in [-0.1, -0.05) is 19.1 Å². The number of aliphatic hydroxyl groups excluding tert-OH is 1. The van der Waals surface area contributed by atoms with Gasteiger partial charge in [-0.05, 0) is 5.92 Å². The summed E-state index contributed by atoms with van der Waals surface area (Å²) in [5.74, 6) is 2.08.